The fourth-order valence-corrected chi connectivity index (χ4v) is 3.81. The lowest BCUT2D eigenvalue weighted by Crippen LogP contribution is -2.29. The summed E-state index contributed by atoms with van der Waals surface area (Å²) in [4.78, 5) is 23.3. The van der Waals surface area contributed by atoms with Gasteiger partial charge in [0, 0.05) is 31.6 Å². The summed E-state index contributed by atoms with van der Waals surface area (Å²) < 4.78 is 63.2. The highest BCUT2D eigenvalue weighted by molar-refractivity contribution is 7.92. The second kappa shape index (κ2) is 8.01. The van der Waals surface area contributed by atoms with Crippen molar-refractivity contribution in [2.75, 3.05) is 6.54 Å². The second-order valence-electron chi connectivity index (χ2n) is 6.61. The molecule has 1 N–H and O–H groups in total. The highest BCUT2D eigenvalue weighted by atomic mass is 32.2. The number of nitrogens with zero attached hydrogens (tertiary/aromatic N) is 3. The summed E-state index contributed by atoms with van der Waals surface area (Å²) in [6, 6.07) is 3.52. The summed E-state index contributed by atoms with van der Waals surface area (Å²) in [5.41, 5.74) is -5.55. The third-order valence-corrected chi connectivity index (χ3v) is 6.10. The summed E-state index contributed by atoms with van der Waals surface area (Å²) in [5.74, 6) is 0.205. The van der Waals surface area contributed by atoms with Gasteiger partial charge in [-0.1, -0.05) is 0 Å². The van der Waals surface area contributed by atoms with Crippen molar-refractivity contribution in [2.45, 2.75) is 49.2 Å². The van der Waals surface area contributed by atoms with Crippen LogP contribution in [0.3, 0.4) is 0 Å². The van der Waals surface area contributed by atoms with Crippen molar-refractivity contribution in [1.82, 2.24) is 19.7 Å². The van der Waals surface area contributed by atoms with Crippen molar-refractivity contribution in [2.24, 2.45) is 0 Å². The van der Waals surface area contributed by atoms with Gasteiger partial charge in [0.25, 0.3) is 15.7 Å². The summed E-state index contributed by atoms with van der Waals surface area (Å²) >= 11 is 0. The molecular weight excluding hydrogens is 413 g/mol. The highest BCUT2D eigenvalue weighted by Gasteiger charge is 2.46. The molecule has 2 aromatic rings. The van der Waals surface area contributed by atoms with Crippen molar-refractivity contribution in [3.63, 3.8) is 0 Å². The zero-order valence-corrected chi connectivity index (χ0v) is 16.1. The SMILES string of the molecule is O=C(NCCCn1nc2n(c1=O)CCCC2)c1ccc(S(=O)(=O)C(F)(F)F)cc1. The Morgan fingerprint density at radius 2 is 1.86 bits per heavy atom. The van der Waals surface area contributed by atoms with Crippen LogP contribution >= 0.6 is 0 Å². The molecule has 2 heterocycles. The van der Waals surface area contributed by atoms with Gasteiger partial charge in [0.2, 0.25) is 0 Å². The van der Waals surface area contributed by atoms with Crippen LogP contribution in [-0.2, 0) is 29.3 Å². The van der Waals surface area contributed by atoms with Crippen LogP contribution in [0, 0.1) is 0 Å². The number of nitrogens with one attached hydrogen (secondary N) is 1. The van der Waals surface area contributed by atoms with E-state index in [1.165, 1.54) is 4.68 Å². The first-order valence-electron chi connectivity index (χ1n) is 8.97. The zero-order chi connectivity index (χ0) is 21.2. The molecule has 1 aromatic carbocycles. The molecule has 1 amide bonds. The minimum atomic E-state index is -5.45. The van der Waals surface area contributed by atoms with Crippen LogP contribution < -0.4 is 11.0 Å². The number of hydrogen-bond donors (Lipinski definition) is 1. The number of hydrogen-bond acceptors (Lipinski definition) is 5. The van der Waals surface area contributed by atoms with Crippen LogP contribution in [0.1, 0.15) is 35.4 Å². The number of fused-ring (bicyclic) bond motifs is 1. The molecule has 1 aliphatic heterocycles. The number of halogens is 3. The first kappa shape index (κ1) is 21.1. The molecule has 1 aromatic heterocycles. The number of benzene rings is 1. The molecule has 0 unspecified atom stereocenters. The molecule has 3 rings (SSSR count). The van der Waals surface area contributed by atoms with E-state index in [4.69, 9.17) is 0 Å². The van der Waals surface area contributed by atoms with Gasteiger partial charge in [-0.25, -0.2) is 17.9 Å². The van der Waals surface area contributed by atoms with Crippen LogP contribution in [0.5, 0.6) is 0 Å². The smallest absolute Gasteiger partial charge is 0.352 e. The van der Waals surface area contributed by atoms with Crippen LogP contribution in [0.2, 0.25) is 0 Å². The lowest BCUT2D eigenvalue weighted by molar-refractivity contribution is -0.0436. The third-order valence-electron chi connectivity index (χ3n) is 4.60. The van der Waals surface area contributed by atoms with Gasteiger partial charge in [0.05, 0.1) is 4.90 Å². The number of aromatic nitrogens is 3. The topological polar surface area (TPSA) is 103 Å². The van der Waals surface area contributed by atoms with Gasteiger partial charge in [-0.2, -0.15) is 18.3 Å². The Bertz CT molecular complexity index is 1060. The number of sulfone groups is 1. The first-order valence-corrected chi connectivity index (χ1v) is 10.5. The normalized spacial score (nSPS) is 14.4. The van der Waals surface area contributed by atoms with Gasteiger partial charge in [0.1, 0.15) is 5.82 Å². The lowest BCUT2D eigenvalue weighted by Gasteiger charge is -2.09. The number of alkyl halides is 3. The maximum Gasteiger partial charge on any atom is 0.501 e. The molecule has 0 bridgehead atoms. The van der Waals surface area contributed by atoms with E-state index in [-0.39, 0.29) is 17.8 Å². The largest absolute Gasteiger partial charge is 0.501 e. The molecule has 0 aliphatic carbocycles. The van der Waals surface area contributed by atoms with Crippen molar-refractivity contribution in [1.29, 1.82) is 0 Å². The van der Waals surface area contributed by atoms with Crippen LogP contribution in [0.15, 0.2) is 34.0 Å². The number of carbonyl (C=O) groups is 1. The maximum absolute atomic E-state index is 12.5. The predicted octanol–water partition coefficient (Wildman–Crippen LogP) is 1.49. The summed E-state index contributed by atoms with van der Waals surface area (Å²) in [7, 11) is -5.45. The van der Waals surface area contributed by atoms with Crippen LogP contribution in [0.25, 0.3) is 0 Å². The van der Waals surface area contributed by atoms with E-state index >= 15 is 0 Å². The van der Waals surface area contributed by atoms with Crippen molar-refractivity contribution < 1.29 is 26.4 Å². The standard InChI is InChI=1S/C17H19F3N4O4S/c18-17(19,20)29(27,28)13-7-5-12(6-8-13)15(25)21-9-3-11-24-16(26)23-10-2-1-4-14(23)22-24/h5-8H,1-4,9-11H2,(H,21,25). The highest BCUT2D eigenvalue weighted by Crippen LogP contribution is 2.30. The molecule has 8 nitrogen and oxygen atoms in total. The molecule has 158 valence electrons. The molecule has 12 heteroatoms. The fourth-order valence-electron chi connectivity index (χ4n) is 3.05. The van der Waals surface area contributed by atoms with E-state index in [9.17, 15) is 31.2 Å². The molecule has 1 aliphatic rings. The van der Waals surface area contributed by atoms with Crippen LogP contribution in [-0.4, -0.2) is 40.7 Å². The predicted molar refractivity (Wildman–Crippen MR) is 96.1 cm³/mol. The van der Waals surface area contributed by atoms with E-state index < -0.39 is 26.1 Å². The van der Waals surface area contributed by atoms with Gasteiger partial charge in [0.15, 0.2) is 0 Å². The summed E-state index contributed by atoms with van der Waals surface area (Å²) in [5, 5.41) is 6.86. The Kier molecular flexibility index (Phi) is 5.82. The summed E-state index contributed by atoms with van der Waals surface area (Å²) in [6.45, 7) is 1.20. The minimum Gasteiger partial charge on any atom is -0.352 e. The zero-order valence-electron chi connectivity index (χ0n) is 15.3. The fraction of sp³-hybridized carbons (Fsp3) is 0.471. The Hall–Kier alpha value is -2.63. The molecule has 29 heavy (non-hydrogen) atoms. The molecule has 0 atom stereocenters. The second-order valence-corrected chi connectivity index (χ2v) is 8.55. The minimum absolute atomic E-state index is 0.0285. The van der Waals surface area contributed by atoms with Crippen molar-refractivity contribution in [3.8, 4) is 0 Å². The number of aryl methyl sites for hydroxylation is 2. The average Bonchev–Trinajstić information content (AvgIpc) is 3.00. The Morgan fingerprint density at radius 1 is 1.17 bits per heavy atom. The number of rotatable bonds is 6. The van der Waals surface area contributed by atoms with Gasteiger partial charge in [-0.3, -0.25) is 9.36 Å². The van der Waals surface area contributed by atoms with Gasteiger partial charge in [-0.15, -0.1) is 0 Å². The number of amides is 1. The maximum atomic E-state index is 12.5. The van der Waals surface area contributed by atoms with E-state index in [0.29, 0.717) is 19.5 Å². The average molecular weight is 432 g/mol. The van der Waals surface area contributed by atoms with E-state index in [0.717, 1.165) is 49.4 Å². The Labute approximate surface area is 164 Å². The third kappa shape index (κ3) is 4.36. The van der Waals surface area contributed by atoms with E-state index in [2.05, 4.69) is 10.4 Å². The summed E-state index contributed by atoms with van der Waals surface area (Å²) in [6.07, 6.45) is 3.13. The number of carbonyl (C=O) groups excluding carboxylic acids is 1. The van der Waals surface area contributed by atoms with Gasteiger partial charge in [-0.05, 0) is 43.5 Å². The monoisotopic (exact) mass is 432 g/mol. The molecule has 0 radical (unpaired) electrons. The van der Waals surface area contributed by atoms with E-state index in [1.807, 2.05) is 0 Å². The van der Waals surface area contributed by atoms with E-state index in [1.54, 1.807) is 4.57 Å². The molecule has 0 saturated carbocycles. The van der Waals surface area contributed by atoms with Crippen molar-refractivity contribution >= 4 is 15.7 Å². The van der Waals surface area contributed by atoms with Crippen molar-refractivity contribution in [3.05, 3.63) is 46.1 Å². The van der Waals surface area contributed by atoms with Gasteiger partial charge < -0.3 is 5.32 Å². The molecular formula is C17H19F3N4O4S. The quantitative estimate of drug-likeness (QED) is 0.697. The lowest BCUT2D eigenvalue weighted by atomic mass is 10.2. The Balaban J connectivity index is 1.54. The van der Waals surface area contributed by atoms with Crippen LogP contribution in [0.4, 0.5) is 13.2 Å². The Morgan fingerprint density at radius 3 is 2.48 bits per heavy atom. The van der Waals surface area contributed by atoms with Gasteiger partial charge >= 0.3 is 11.2 Å². The molecule has 0 saturated heterocycles. The molecule has 0 spiro atoms. The first-order chi connectivity index (χ1) is 13.6. The molecule has 0 fully saturated rings.